The van der Waals surface area contributed by atoms with Gasteiger partial charge in [-0.15, -0.1) is 24.0 Å². The lowest BCUT2D eigenvalue weighted by Crippen LogP contribution is -2.38. The number of rotatable bonds is 9. The van der Waals surface area contributed by atoms with Crippen LogP contribution in [-0.4, -0.2) is 35.7 Å². The molecule has 0 unspecified atom stereocenters. The highest BCUT2D eigenvalue weighted by Gasteiger charge is 2.14. The quantitative estimate of drug-likeness (QED) is 0.236. The maximum atomic E-state index is 5.32. The zero-order valence-electron chi connectivity index (χ0n) is 18.4. The highest BCUT2D eigenvalue weighted by Crippen LogP contribution is 2.24. The van der Waals surface area contributed by atoms with E-state index in [1.165, 1.54) is 11.1 Å². The second-order valence-corrected chi connectivity index (χ2v) is 7.47. The molecule has 1 heterocycles. The van der Waals surface area contributed by atoms with Crippen molar-refractivity contribution in [2.45, 2.75) is 39.0 Å². The Kier molecular flexibility index (Phi) is 10.5. The number of guanidine groups is 1. The summed E-state index contributed by atoms with van der Waals surface area (Å²) in [6, 6.07) is 21.0. The van der Waals surface area contributed by atoms with Gasteiger partial charge >= 0.3 is 0 Å². The standard InChI is InChI=1S/C24H31N5O.HI/c1-4-25-24(26-16-15-22-28-23(18(2)3)29-30-22)27-17-21(19-11-7-5-8-12-19)20-13-9-6-10-14-20;/h5-14,18,21H,4,15-17H2,1-3H3,(H2,25,26,27);1H. The Labute approximate surface area is 202 Å². The fourth-order valence-electron chi connectivity index (χ4n) is 3.19. The molecule has 1 aromatic heterocycles. The molecule has 3 aromatic rings. The summed E-state index contributed by atoms with van der Waals surface area (Å²) in [6.45, 7) is 8.30. The molecule has 6 nitrogen and oxygen atoms in total. The van der Waals surface area contributed by atoms with E-state index in [0.29, 0.717) is 25.4 Å². The summed E-state index contributed by atoms with van der Waals surface area (Å²) in [6.07, 6.45) is 0.658. The lowest BCUT2D eigenvalue weighted by molar-refractivity contribution is 0.371. The molecule has 0 saturated heterocycles. The summed E-state index contributed by atoms with van der Waals surface area (Å²) in [4.78, 5) is 9.29. The van der Waals surface area contributed by atoms with Gasteiger partial charge in [-0.3, -0.25) is 4.99 Å². The van der Waals surface area contributed by atoms with Gasteiger partial charge in [-0.2, -0.15) is 4.98 Å². The first-order valence-corrected chi connectivity index (χ1v) is 10.6. The summed E-state index contributed by atoms with van der Waals surface area (Å²) in [5.74, 6) is 2.65. The molecule has 3 rings (SSSR count). The maximum Gasteiger partial charge on any atom is 0.228 e. The van der Waals surface area contributed by atoms with Crippen molar-refractivity contribution >= 4 is 29.9 Å². The van der Waals surface area contributed by atoms with Crippen molar-refractivity contribution in [3.8, 4) is 0 Å². The van der Waals surface area contributed by atoms with Gasteiger partial charge in [0.15, 0.2) is 11.8 Å². The van der Waals surface area contributed by atoms with Crippen molar-refractivity contribution in [2.75, 3.05) is 19.6 Å². The van der Waals surface area contributed by atoms with Gasteiger partial charge in [-0.25, -0.2) is 0 Å². The van der Waals surface area contributed by atoms with E-state index in [9.17, 15) is 0 Å². The first-order valence-electron chi connectivity index (χ1n) is 10.6. The minimum Gasteiger partial charge on any atom is -0.357 e. The molecule has 0 saturated carbocycles. The van der Waals surface area contributed by atoms with Crippen LogP contribution in [0.15, 0.2) is 70.2 Å². The predicted octanol–water partition coefficient (Wildman–Crippen LogP) is 4.74. The van der Waals surface area contributed by atoms with Crippen LogP contribution >= 0.6 is 24.0 Å². The van der Waals surface area contributed by atoms with E-state index in [1.807, 2.05) is 12.1 Å². The molecule has 7 heteroatoms. The molecule has 0 aliphatic rings. The van der Waals surface area contributed by atoms with Crippen LogP contribution in [0, 0.1) is 0 Å². The normalized spacial score (nSPS) is 11.5. The van der Waals surface area contributed by atoms with Gasteiger partial charge in [0, 0.05) is 31.3 Å². The molecule has 0 amide bonds. The second-order valence-electron chi connectivity index (χ2n) is 7.47. The Hall–Kier alpha value is -2.42. The molecule has 0 radical (unpaired) electrons. The Morgan fingerprint density at radius 1 is 0.968 bits per heavy atom. The van der Waals surface area contributed by atoms with E-state index in [2.05, 4.69) is 90.1 Å². The van der Waals surface area contributed by atoms with E-state index >= 15 is 0 Å². The number of aliphatic imine (C=N–C) groups is 1. The van der Waals surface area contributed by atoms with E-state index in [1.54, 1.807) is 0 Å². The van der Waals surface area contributed by atoms with Crippen LogP contribution < -0.4 is 10.6 Å². The third-order valence-corrected chi connectivity index (χ3v) is 4.81. The second kappa shape index (κ2) is 13.1. The van der Waals surface area contributed by atoms with E-state index in [4.69, 9.17) is 9.52 Å². The SMILES string of the molecule is CCNC(=NCC(c1ccccc1)c1ccccc1)NCCc1nc(C(C)C)no1.I. The fraction of sp³-hybridized carbons (Fsp3) is 0.375. The van der Waals surface area contributed by atoms with Crippen LogP contribution in [0.2, 0.25) is 0 Å². The Bertz CT molecular complexity index is 872. The number of nitrogens with zero attached hydrogens (tertiary/aromatic N) is 3. The molecule has 0 atom stereocenters. The first-order chi connectivity index (χ1) is 14.7. The predicted molar refractivity (Wildman–Crippen MR) is 136 cm³/mol. The van der Waals surface area contributed by atoms with Crippen LogP contribution in [0.1, 0.15) is 55.4 Å². The molecule has 0 fully saturated rings. The topological polar surface area (TPSA) is 75.3 Å². The van der Waals surface area contributed by atoms with Crippen LogP contribution in [0.25, 0.3) is 0 Å². The average Bonchev–Trinajstić information content (AvgIpc) is 3.25. The number of hydrogen-bond acceptors (Lipinski definition) is 4. The van der Waals surface area contributed by atoms with Crippen molar-refractivity contribution in [3.63, 3.8) is 0 Å². The zero-order valence-corrected chi connectivity index (χ0v) is 20.7. The molecule has 2 aromatic carbocycles. The number of aromatic nitrogens is 2. The van der Waals surface area contributed by atoms with Crippen molar-refractivity contribution in [3.05, 3.63) is 83.5 Å². The van der Waals surface area contributed by atoms with Gasteiger partial charge in [-0.05, 0) is 18.1 Å². The fourth-order valence-corrected chi connectivity index (χ4v) is 3.19. The van der Waals surface area contributed by atoms with Crippen LogP contribution in [0.4, 0.5) is 0 Å². The molecule has 0 aliphatic heterocycles. The van der Waals surface area contributed by atoms with Crippen molar-refractivity contribution < 1.29 is 4.52 Å². The summed E-state index contributed by atoms with van der Waals surface area (Å²) in [5.41, 5.74) is 2.52. The highest BCUT2D eigenvalue weighted by molar-refractivity contribution is 14.0. The van der Waals surface area contributed by atoms with Gasteiger partial charge in [-0.1, -0.05) is 79.7 Å². The van der Waals surface area contributed by atoms with Gasteiger partial charge in [0.05, 0.1) is 6.54 Å². The van der Waals surface area contributed by atoms with Crippen LogP contribution in [0.5, 0.6) is 0 Å². The number of nitrogens with one attached hydrogen (secondary N) is 2. The lowest BCUT2D eigenvalue weighted by Gasteiger charge is -2.17. The van der Waals surface area contributed by atoms with Gasteiger partial charge < -0.3 is 15.2 Å². The Morgan fingerprint density at radius 3 is 2.10 bits per heavy atom. The molecule has 31 heavy (non-hydrogen) atoms. The maximum absolute atomic E-state index is 5.32. The van der Waals surface area contributed by atoms with Crippen molar-refractivity contribution in [1.82, 2.24) is 20.8 Å². The Morgan fingerprint density at radius 2 is 1.58 bits per heavy atom. The molecular weight excluding hydrogens is 501 g/mol. The smallest absolute Gasteiger partial charge is 0.228 e. The first kappa shape index (κ1) is 24.8. The molecule has 0 spiro atoms. The van der Waals surface area contributed by atoms with Gasteiger partial charge in [0.1, 0.15) is 0 Å². The average molecular weight is 533 g/mol. The van der Waals surface area contributed by atoms with E-state index in [-0.39, 0.29) is 35.8 Å². The monoisotopic (exact) mass is 533 g/mol. The minimum atomic E-state index is 0. The Balaban J connectivity index is 0.00000341. The van der Waals surface area contributed by atoms with E-state index in [0.717, 1.165) is 18.3 Å². The largest absolute Gasteiger partial charge is 0.357 e. The zero-order chi connectivity index (χ0) is 21.2. The number of hydrogen-bond donors (Lipinski definition) is 2. The summed E-state index contributed by atoms with van der Waals surface area (Å²) in [5, 5.41) is 10.7. The third-order valence-electron chi connectivity index (χ3n) is 4.81. The van der Waals surface area contributed by atoms with E-state index < -0.39 is 0 Å². The third kappa shape index (κ3) is 7.65. The molecular formula is C24H32IN5O. The molecule has 2 N–H and O–H groups in total. The van der Waals surface area contributed by atoms with Crippen LogP contribution in [0.3, 0.4) is 0 Å². The van der Waals surface area contributed by atoms with Crippen molar-refractivity contribution in [1.29, 1.82) is 0 Å². The molecule has 0 aliphatic carbocycles. The molecule has 0 bridgehead atoms. The summed E-state index contributed by atoms with van der Waals surface area (Å²) < 4.78 is 5.32. The number of benzene rings is 2. The molecule has 166 valence electrons. The number of halogens is 1. The van der Waals surface area contributed by atoms with Crippen molar-refractivity contribution in [2.24, 2.45) is 4.99 Å². The highest BCUT2D eigenvalue weighted by atomic mass is 127. The van der Waals surface area contributed by atoms with Gasteiger partial charge in [0.25, 0.3) is 0 Å². The minimum absolute atomic E-state index is 0. The van der Waals surface area contributed by atoms with Crippen LogP contribution in [-0.2, 0) is 6.42 Å². The summed E-state index contributed by atoms with van der Waals surface area (Å²) in [7, 11) is 0. The lowest BCUT2D eigenvalue weighted by atomic mass is 9.91. The summed E-state index contributed by atoms with van der Waals surface area (Å²) >= 11 is 0. The van der Waals surface area contributed by atoms with Gasteiger partial charge in [0.2, 0.25) is 5.89 Å².